The third-order valence-corrected chi connectivity index (χ3v) is 3.44. The molecule has 2 unspecified atom stereocenters. The minimum atomic E-state index is 0.629. The van der Waals surface area contributed by atoms with Crippen LogP contribution in [0.2, 0.25) is 0 Å². The maximum absolute atomic E-state index is 4.25. The lowest BCUT2D eigenvalue weighted by Gasteiger charge is -2.08. The lowest BCUT2D eigenvalue weighted by molar-refractivity contribution is 0.691. The molecule has 17 heavy (non-hydrogen) atoms. The molecule has 1 aliphatic rings. The normalized spacial score (nSPS) is 22.9. The Kier molecular flexibility index (Phi) is 2.50. The molecule has 2 atom stereocenters. The zero-order valence-corrected chi connectivity index (χ0v) is 10.3. The van der Waals surface area contributed by atoms with E-state index in [9.17, 15) is 0 Å². The first kappa shape index (κ1) is 10.6. The second-order valence-electron chi connectivity index (χ2n) is 4.98. The van der Waals surface area contributed by atoms with Crippen molar-refractivity contribution in [3.63, 3.8) is 0 Å². The zero-order valence-electron chi connectivity index (χ0n) is 10.3. The lowest BCUT2D eigenvalue weighted by Crippen LogP contribution is -2.09. The summed E-state index contributed by atoms with van der Waals surface area (Å²) in [6.45, 7) is 4.34. The first-order chi connectivity index (χ1) is 8.28. The highest BCUT2D eigenvalue weighted by atomic mass is 15.3. The van der Waals surface area contributed by atoms with E-state index < -0.39 is 0 Å². The molecule has 0 spiro atoms. The van der Waals surface area contributed by atoms with Gasteiger partial charge in [0.15, 0.2) is 5.65 Å². The number of nitrogens with one attached hydrogen (secondary N) is 1. The van der Waals surface area contributed by atoms with Gasteiger partial charge in [0.2, 0.25) is 0 Å². The predicted molar refractivity (Wildman–Crippen MR) is 68.1 cm³/mol. The average Bonchev–Trinajstić information content (AvgIpc) is 2.85. The van der Waals surface area contributed by atoms with Crippen molar-refractivity contribution in [2.24, 2.45) is 5.92 Å². The van der Waals surface area contributed by atoms with Crippen molar-refractivity contribution in [3.8, 4) is 0 Å². The molecule has 3 rings (SSSR count). The quantitative estimate of drug-likeness (QED) is 0.878. The third kappa shape index (κ3) is 1.99. The first-order valence-corrected chi connectivity index (χ1v) is 6.35. The van der Waals surface area contributed by atoms with Crippen LogP contribution in [0, 0.1) is 12.8 Å². The van der Waals surface area contributed by atoms with E-state index in [1.807, 2.05) is 4.52 Å². The molecule has 4 heteroatoms. The van der Waals surface area contributed by atoms with Crippen molar-refractivity contribution in [1.82, 2.24) is 14.6 Å². The Bertz CT molecular complexity index is 531. The Morgan fingerprint density at radius 3 is 3.18 bits per heavy atom. The van der Waals surface area contributed by atoms with Gasteiger partial charge < -0.3 is 5.32 Å². The van der Waals surface area contributed by atoms with Gasteiger partial charge >= 0.3 is 0 Å². The van der Waals surface area contributed by atoms with E-state index in [0.29, 0.717) is 6.04 Å². The highest BCUT2D eigenvalue weighted by Gasteiger charge is 2.36. The van der Waals surface area contributed by atoms with Crippen LogP contribution < -0.4 is 5.32 Å². The first-order valence-electron chi connectivity index (χ1n) is 6.35. The molecule has 0 saturated heterocycles. The van der Waals surface area contributed by atoms with Crippen LogP contribution in [0.1, 0.15) is 31.7 Å². The van der Waals surface area contributed by atoms with Crippen LogP contribution >= 0.6 is 0 Å². The van der Waals surface area contributed by atoms with E-state index in [4.69, 9.17) is 0 Å². The molecule has 2 heterocycles. The van der Waals surface area contributed by atoms with E-state index in [1.165, 1.54) is 24.8 Å². The molecule has 2 aromatic heterocycles. The molecular weight excluding hydrogens is 212 g/mol. The second-order valence-corrected chi connectivity index (χ2v) is 4.98. The summed E-state index contributed by atoms with van der Waals surface area (Å²) in [7, 11) is 0. The van der Waals surface area contributed by atoms with Gasteiger partial charge in [-0.2, -0.15) is 9.61 Å². The summed E-state index contributed by atoms with van der Waals surface area (Å²) >= 11 is 0. The standard InChI is InChI=1S/C13H18N4/c1-3-4-10-7-11(10)16-13-6-9(2)5-12-14-8-15-17(12)13/h5-6,8,10-11,16H,3-4,7H2,1-2H3. The van der Waals surface area contributed by atoms with Crippen molar-refractivity contribution < 1.29 is 0 Å². The van der Waals surface area contributed by atoms with Gasteiger partial charge in [-0.15, -0.1) is 0 Å². The molecule has 1 saturated carbocycles. The molecule has 0 amide bonds. The van der Waals surface area contributed by atoms with Gasteiger partial charge in [0, 0.05) is 6.04 Å². The Labute approximate surface area is 101 Å². The summed E-state index contributed by atoms with van der Waals surface area (Å²) in [6, 6.07) is 4.82. The Balaban J connectivity index is 1.83. The van der Waals surface area contributed by atoms with E-state index in [0.717, 1.165) is 17.4 Å². The van der Waals surface area contributed by atoms with Crippen molar-refractivity contribution in [2.75, 3.05) is 5.32 Å². The van der Waals surface area contributed by atoms with Crippen molar-refractivity contribution >= 4 is 11.5 Å². The van der Waals surface area contributed by atoms with Gasteiger partial charge in [-0.05, 0) is 43.4 Å². The summed E-state index contributed by atoms with van der Waals surface area (Å²) in [4.78, 5) is 4.24. The molecule has 4 nitrogen and oxygen atoms in total. The van der Waals surface area contributed by atoms with Gasteiger partial charge in [0.25, 0.3) is 0 Å². The van der Waals surface area contributed by atoms with Gasteiger partial charge in [-0.1, -0.05) is 13.3 Å². The maximum atomic E-state index is 4.25. The van der Waals surface area contributed by atoms with Crippen molar-refractivity contribution in [2.45, 2.75) is 39.2 Å². The zero-order chi connectivity index (χ0) is 11.8. The Hall–Kier alpha value is -1.58. The fourth-order valence-electron chi connectivity index (χ4n) is 2.46. The summed E-state index contributed by atoms with van der Waals surface area (Å²) in [5.41, 5.74) is 2.14. The molecule has 1 fully saturated rings. The number of pyridine rings is 1. The highest BCUT2D eigenvalue weighted by molar-refractivity contribution is 5.52. The van der Waals surface area contributed by atoms with Crippen LogP contribution in [0.25, 0.3) is 5.65 Å². The van der Waals surface area contributed by atoms with Gasteiger partial charge in [0.05, 0.1) is 0 Å². The molecule has 0 aliphatic heterocycles. The van der Waals surface area contributed by atoms with E-state index >= 15 is 0 Å². The molecule has 2 aromatic rings. The average molecular weight is 230 g/mol. The number of aromatic nitrogens is 3. The van der Waals surface area contributed by atoms with Crippen LogP contribution in [0.4, 0.5) is 5.82 Å². The third-order valence-electron chi connectivity index (χ3n) is 3.44. The molecule has 0 radical (unpaired) electrons. The monoisotopic (exact) mass is 230 g/mol. The fourth-order valence-corrected chi connectivity index (χ4v) is 2.46. The minimum absolute atomic E-state index is 0.629. The molecule has 90 valence electrons. The molecule has 1 N–H and O–H groups in total. The van der Waals surface area contributed by atoms with Crippen LogP contribution in [0.3, 0.4) is 0 Å². The van der Waals surface area contributed by atoms with E-state index in [1.54, 1.807) is 6.33 Å². The smallest absolute Gasteiger partial charge is 0.157 e. The number of nitrogens with zero attached hydrogens (tertiary/aromatic N) is 3. The summed E-state index contributed by atoms with van der Waals surface area (Å²) < 4.78 is 1.88. The predicted octanol–water partition coefficient (Wildman–Crippen LogP) is 2.64. The van der Waals surface area contributed by atoms with E-state index in [2.05, 4.69) is 41.4 Å². The maximum Gasteiger partial charge on any atom is 0.157 e. The largest absolute Gasteiger partial charge is 0.367 e. The number of rotatable bonds is 4. The molecule has 1 aliphatic carbocycles. The SMILES string of the molecule is CCCC1CC1Nc1cc(C)cc2ncnn12. The number of anilines is 1. The van der Waals surface area contributed by atoms with Crippen molar-refractivity contribution in [1.29, 1.82) is 0 Å². The molecular formula is C13H18N4. The Morgan fingerprint density at radius 1 is 1.47 bits per heavy atom. The summed E-state index contributed by atoms with van der Waals surface area (Å²) in [6.07, 6.45) is 5.49. The van der Waals surface area contributed by atoms with E-state index in [-0.39, 0.29) is 0 Å². The van der Waals surface area contributed by atoms with Crippen LogP contribution in [-0.2, 0) is 0 Å². The van der Waals surface area contributed by atoms with Gasteiger partial charge in [-0.3, -0.25) is 0 Å². The van der Waals surface area contributed by atoms with Crippen LogP contribution in [-0.4, -0.2) is 20.6 Å². The molecule has 0 bridgehead atoms. The lowest BCUT2D eigenvalue weighted by atomic mass is 10.2. The number of aryl methyl sites for hydroxylation is 1. The number of hydrogen-bond donors (Lipinski definition) is 1. The topological polar surface area (TPSA) is 42.2 Å². The van der Waals surface area contributed by atoms with Gasteiger partial charge in [-0.25, -0.2) is 4.98 Å². The molecule has 0 aromatic carbocycles. The van der Waals surface area contributed by atoms with Crippen molar-refractivity contribution in [3.05, 3.63) is 24.0 Å². The van der Waals surface area contributed by atoms with Crippen LogP contribution in [0.15, 0.2) is 18.5 Å². The minimum Gasteiger partial charge on any atom is -0.367 e. The highest BCUT2D eigenvalue weighted by Crippen LogP contribution is 2.37. The second kappa shape index (κ2) is 4.02. The summed E-state index contributed by atoms with van der Waals surface area (Å²) in [5.74, 6) is 1.92. The number of fused-ring (bicyclic) bond motifs is 1. The Morgan fingerprint density at radius 2 is 2.35 bits per heavy atom. The summed E-state index contributed by atoms with van der Waals surface area (Å²) in [5, 5.41) is 7.84. The fraction of sp³-hybridized carbons (Fsp3) is 0.538. The van der Waals surface area contributed by atoms with Gasteiger partial charge in [0.1, 0.15) is 12.1 Å². The number of hydrogen-bond acceptors (Lipinski definition) is 3. The van der Waals surface area contributed by atoms with Crippen LogP contribution in [0.5, 0.6) is 0 Å².